The van der Waals surface area contributed by atoms with Gasteiger partial charge in [-0.05, 0) is 57.9 Å². The summed E-state index contributed by atoms with van der Waals surface area (Å²) in [5, 5.41) is 3.21. The maximum absolute atomic E-state index is 14.3. The van der Waals surface area contributed by atoms with E-state index in [0.717, 1.165) is 21.9 Å². The van der Waals surface area contributed by atoms with Crippen LogP contribution in [0.5, 0.6) is 0 Å². The van der Waals surface area contributed by atoms with Crippen LogP contribution in [-0.4, -0.2) is 64.1 Å². The predicted octanol–water partition coefficient (Wildman–Crippen LogP) is 7.18. The van der Waals surface area contributed by atoms with Gasteiger partial charge in [-0.2, -0.15) is 13.2 Å². The van der Waals surface area contributed by atoms with E-state index in [9.17, 15) is 30.8 Å². The van der Waals surface area contributed by atoms with Crippen molar-refractivity contribution in [3.05, 3.63) is 66.5 Å². The number of alkyl halides is 4. The van der Waals surface area contributed by atoms with Crippen LogP contribution in [0.2, 0.25) is 0 Å². The van der Waals surface area contributed by atoms with E-state index in [1.54, 1.807) is 26.8 Å². The van der Waals surface area contributed by atoms with Gasteiger partial charge < -0.3 is 15.0 Å². The topological polar surface area (TPSA) is 106 Å². The number of ether oxygens (including phenoxy) is 1. The standard InChI is InChI=1S/C30H31F4N5O4S2/c1-29(2,3)43-28(40)38-13-7-8-19(16-38)36-27-35-15-24(30(32,33)34)26(37-27)23-17-39(45(41,42)21-9-5-4-6-10-21)25-14-20(44-18-31)11-12-22(23)25/h4-6,9-12,14-15,17,19H,7-8,13,16,18H2,1-3H3,(H,35,36,37)/t19-/m0/s1. The van der Waals surface area contributed by atoms with E-state index in [-0.39, 0.29) is 39.9 Å². The zero-order valence-electron chi connectivity index (χ0n) is 24.6. The monoisotopic (exact) mass is 665 g/mol. The van der Waals surface area contributed by atoms with Gasteiger partial charge in [-0.15, -0.1) is 0 Å². The molecule has 1 amide bonds. The number of anilines is 1. The van der Waals surface area contributed by atoms with Crippen LogP contribution in [0.15, 0.2) is 70.7 Å². The molecule has 15 heteroatoms. The van der Waals surface area contributed by atoms with Crippen molar-refractivity contribution < 1.29 is 35.5 Å². The zero-order valence-corrected chi connectivity index (χ0v) is 26.3. The molecule has 2 aromatic heterocycles. The summed E-state index contributed by atoms with van der Waals surface area (Å²) >= 11 is 0.817. The molecule has 1 atom stereocenters. The average molecular weight is 666 g/mol. The summed E-state index contributed by atoms with van der Waals surface area (Å²) in [6.07, 6.45) is -2.40. The Morgan fingerprint density at radius 2 is 1.87 bits per heavy atom. The van der Waals surface area contributed by atoms with Gasteiger partial charge in [0.25, 0.3) is 10.0 Å². The third kappa shape index (κ3) is 7.19. The SMILES string of the molecule is CC(C)(C)OC(=O)N1CCC[C@H](Nc2ncc(C(F)(F)F)c(-c3cn(S(=O)(=O)c4ccccc4)c4cc(SCF)ccc34)n2)C1. The molecule has 5 rings (SSSR count). The highest BCUT2D eigenvalue weighted by molar-refractivity contribution is 7.99. The van der Waals surface area contributed by atoms with Crippen LogP contribution < -0.4 is 5.32 Å². The summed E-state index contributed by atoms with van der Waals surface area (Å²) in [5.74, 6) is -0.120. The summed E-state index contributed by atoms with van der Waals surface area (Å²) in [6.45, 7) is 5.95. The van der Waals surface area contributed by atoms with Crippen molar-refractivity contribution in [1.82, 2.24) is 18.8 Å². The fraction of sp³-hybridized carbons (Fsp3) is 0.367. The molecule has 9 nitrogen and oxygen atoms in total. The number of thioether (sulfide) groups is 1. The molecule has 1 saturated heterocycles. The van der Waals surface area contributed by atoms with Crippen LogP contribution in [0.4, 0.5) is 28.3 Å². The van der Waals surface area contributed by atoms with E-state index in [4.69, 9.17) is 4.74 Å². The number of benzene rings is 2. The van der Waals surface area contributed by atoms with Gasteiger partial charge in [0.2, 0.25) is 5.95 Å². The van der Waals surface area contributed by atoms with Crippen LogP contribution in [0.25, 0.3) is 22.2 Å². The molecule has 4 aromatic rings. The van der Waals surface area contributed by atoms with Crippen molar-refractivity contribution in [3.8, 4) is 11.3 Å². The highest BCUT2D eigenvalue weighted by atomic mass is 32.2. The van der Waals surface area contributed by atoms with Crippen molar-refractivity contribution in [2.45, 2.75) is 61.2 Å². The molecule has 1 aliphatic rings. The normalized spacial score (nSPS) is 16.2. The molecule has 0 aliphatic carbocycles. The number of rotatable bonds is 7. The summed E-state index contributed by atoms with van der Waals surface area (Å²) in [4.78, 5) is 22.7. The number of hydrogen-bond donors (Lipinski definition) is 1. The van der Waals surface area contributed by atoms with Crippen LogP contribution in [0, 0.1) is 0 Å². The van der Waals surface area contributed by atoms with Gasteiger partial charge >= 0.3 is 12.3 Å². The van der Waals surface area contributed by atoms with Crippen molar-refractivity contribution in [3.63, 3.8) is 0 Å². The van der Waals surface area contributed by atoms with E-state index in [0.29, 0.717) is 30.5 Å². The van der Waals surface area contributed by atoms with Gasteiger partial charge in [0, 0.05) is 47.4 Å². The first-order valence-electron chi connectivity index (χ1n) is 14.0. The van der Waals surface area contributed by atoms with Gasteiger partial charge in [0.15, 0.2) is 0 Å². The first-order valence-corrected chi connectivity index (χ1v) is 16.4. The Labute approximate surface area is 262 Å². The summed E-state index contributed by atoms with van der Waals surface area (Å²) in [6, 6.07) is 10.7. The number of fused-ring (bicyclic) bond motifs is 1. The largest absolute Gasteiger partial charge is 0.444 e. The molecule has 0 spiro atoms. The molecule has 0 saturated carbocycles. The average Bonchev–Trinajstić information content (AvgIpc) is 3.36. The lowest BCUT2D eigenvalue weighted by atomic mass is 10.1. The lowest BCUT2D eigenvalue weighted by molar-refractivity contribution is -0.137. The minimum atomic E-state index is -4.87. The zero-order chi connectivity index (χ0) is 32.6. The molecular weight excluding hydrogens is 634 g/mol. The van der Waals surface area contributed by atoms with Crippen molar-refractivity contribution in [1.29, 1.82) is 0 Å². The Morgan fingerprint density at radius 3 is 2.53 bits per heavy atom. The Morgan fingerprint density at radius 1 is 1.13 bits per heavy atom. The van der Waals surface area contributed by atoms with Gasteiger partial charge in [-0.1, -0.05) is 36.0 Å². The molecule has 3 heterocycles. The molecule has 45 heavy (non-hydrogen) atoms. The Balaban J connectivity index is 1.59. The number of aromatic nitrogens is 3. The van der Waals surface area contributed by atoms with Crippen LogP contribution in [0.1, 0.15) is 39.2 Å². The number of likely N-dealkylation sites (tertiary alicyclic amines) is 1. The fourth-order valence-electron chi connectivity index (χ4n) is 5.06. The van der Waals surface area contributed by atoms with Gasteiger partial charge in [0.1, 0.15) is 17.2 Å². The summed E-state index contributed by atoms with van der Waals surface area (Å²) in [7, 11) is -4.27. The Kier molecular flexibility index (Phi) is 9.04. The highest BCUT2D eigenvalue weighted by Gasteiger charge is 2.37. The number of carbonyl (C=O) groups excluding carboxylic acids is 1. The lowest BCUT2D eigenvalue weighted by Gasteiger charge is -2.34. The van der Waals surface area contributed by atoms with Crippen LogP contribution in [-0.2, 0) is 20.9 Å². The fourth-order valence-corrected chi connectivity index (χ4v) is 6.93. The van der Waals surface area contributed by atoms with Gasteiger partial charge in [-0.3, -0.25) is 0 Å². The van der Waals surface area contributed by atoms with Crippen molar-refractivity contribution >= 4 is 44.7 Å². The molecule has 2 aromatic carbocycles. The van der Waals surface area contributed by atoms with Crippen LogP contribution >= 0.6 is 11.8 Å². The number of halogens is 4. The number of nitrogens with one attached hydrogen (secondary N) is 1. The molecule has 0 radical (unpaired) electrons. The third-order valence-corrected chi connectivity index (χ3v) is 9.40. The van der Waals surface area contributed by atoms with Gasteiger partial charge in [-0.25, -0.2) is 31.5 Å². The van der Waals surface area contributed by atoms with E-state index in [2.05, 4.69) is 15.3 Å². The second-order valence-electron chi connectivity index (χ2n) is 11.5. The Bertz CT molecular complexity index is 1810. The van der Waals surface area contributed by atoms with E-state index < -0.39 is 45.2 Å². The van der Waals surface area contributed by atoms with Crippen molar-refractivity contribution in [2.75, 3.05) is 24.4 Å². The molecule has 240 valence electrons. The second kappa shape index (κ2) is 12.5. The molecule has 0 bridgehead atoms. The molecule has 1 N–H and O–H groups in total. The lowest BCUT2D eigenvalue weighted by Crippen LogP contribution is -2.47. The molecular formula is C30H31F4N5O4S2. The summed E-state index contributed by atoms with van der Waals surface area (Å²) in [5.41, 5.74) is -2.42. The first kappa shape index (κ1) is 32.5. The van der Waals surface area contributed by atoms with E-state index in [1.807, 2.05) is 0 Å². The minimum Gasteiger partial charge on any atom is -0.444 e. The first-order chi connectivity index (χ1) is 21.2. The van der Waals surface area contributed by atoms with E-state index in [1.165, 1.54) is 47.4 Å². The van der Waals surface area contributed by atoms with Crippen LogP contribution in [0.3, 0.4) is 0 Å². The summed E-state index contributed by atoms with van der Waals surface area (Å²) < 4.78 is 90.0. The number of hydrogen-bond acceptors (Lipinski definition) is 8. The number of nitrogens with zero attached hydrogens (tertiary/aromatic N) is 4. The highest BCUT2D eigenvalue weighted by Crippen LogP contribution is 2.41. The predicted molar refractivity (Wildman–Crippen MR) is 163 cm³/mol. The smallest absolute Gasteiger partial charge is 0.419 e. The number of carbonyl (C=O) groups is 1. The second-order valence-corrected chi connectivity index (χ2v) is 14.2. The quantitative estimate of drug-likeness (QED) is 0.163. The van der Waals surface area contributed by atoms with E-state index >= 15 is 0 Å². The van der Waals surface area contributed by atoms with Gasteiger partial charge in [0.05, 0.1) is 16.1 Å². The molecule has 1 aliphatic heterocycles. The number of amides is 1. The number of piperidine rings is 1. The maximum Gasteiger partial charge on any atom is 0.419 e. The maximum atomic E-state index is 14.3. The minimum absolute atomic E-state index is 0.0637. The van der Waals surface area contributed by atoms with Crippen molar-refractivity contribution in [2.24, 2.45) is 0 Å². The molecule has 0 unspecified atom stereocenters. The Hall–Kier alpha value is -3.85. The molecule has 1 fully saturated rings. The third-order valence-electron chi connectivity index (χ3n) is 7.02.